The van der Waals surface area contributed by atoms with Crippen LogP contribution in [0.5, 0.6) is 0 Å². The van der Waals surface area contributed by atoms with Crippen molar-refractivity contribution in [2.45, 2.75) is 12.7 Å². The van der Waals surface area contributed by atoms with Crippen molar-refractivity contribution in [2.24, 2.45) is 0 Å². The molecule has 3 aromatic rings. The summed E-state index contributed by atoms with van der Waals surface area (Å²) in [4.78, 5) is 12.2. The third kappa shape index (κ3) is 4.97. The van der Waals surface area contributed by atoms with Crippen LogP contribution in [0.2, 0.25) is 0 Å². The van der Waals surface area contributed by atoms with Crippen LogP contribution in [0.15, 0.2) is 66.9 Å². The Morgan fingerprint density at radius 2 is 1.84 bits per heavy atom. The van der Waals surface area contributed by atoms with E-state index in [0.717, 1.165) is 17.2 Å². The number of benzene rings is 2. The van der Waals surface area contributed by atoms with E-state index in [1.54, 1.807) is 16.9 Å². The maximum absolute atomic E-state index is 12.2. The first-order valence-electron chi connectivity index (χ1n) is 8.25. The average molecular weight is 351 g/mol. The highest BCUT2D eigenvalue weighted by molar-refractivity contribution is 7.98. The third-order valence-electron chi connectivity index (χ3n) is 3.76. The van der Waals surface area contributed by atoms with Gasteiger partial charge in [-0.05, 0) is 30.7 Å². The lowest BCUT2D eigenvalue weighted by Crippen LogP contribution is -2.26. The van der Waals surface area contributed by atoms with Crippen molar-refractivity contribution in [1.29, 1.82) is 0 Å². The van der Waals surface area contributed by atoms with Crippen molar-refractivity contribution in [3.8, 4) is 5.69 Å². The SMILES string of the molecule is Cc1ccc(CSCCNC(=O)c2ccn(-c3ccccc3)n2)cc1. The van der Waals surface area contributed by atoms with Gasteiger partial charge in [0, 0.05) is 24.2 Å². The molecule has 0 fully saturated rings. The molecule has 0 aliphatic carbocycles. The molecule has 0 unspecified atom stereocenters. The van der Waals surface area contributed by atoms with E-state index in [0.29, 0.717) is 12.2 Å². The van der Waals surface area contributed by atoms with Crippen molar-refractivity contribution in [3.63, 3.8) is 0 Å². The molecule has 0 aliphatic heterocycles. The number of nitrogens with zero attached hydrogens (tertiary/aromatic N) is 2. The molecule has 0 radical (unpaired) electrons. The number of amides is 1. The lowest BCUT2D eigenvalue weighted by molar-refractivity contribution is 0.0951. The Hall–Kier alpha value is -2.53. The highest BCUT2D eigenvalue weighted by atomic mass is 32.2. The van der Waals surface area contributed by atoms with Gasteiger partial charge in [-0.3, -0.25) is 4.79 Å². The van der Waals surface area contributed by atoms with Crippen LogP contribution >= 0.6 is 11.8 Å². The van der Waals surface area contributed by atoms with E-state index in [4.69, 9.17) is 0 Å². The van der Waals surface area contributed by atoms with Crippen molar-refractivity contribution < 1.29 is 4.79 Å². The van der Waals surface area contributed by atoms with E-state index < -0.39 is 0 Å². The Bertz CT molecular complexity index is 812. The van der Waals surface area contributed by atoms with Crippen LogP contribution in [0.1, 0.15) is 21.6 Å². The maximum atomic E-state index is 12.2. The molecular weight excluding hydrogens is 330 g/mol. The van der Waals surface area contributed by atoms with Crippen LogP contribution in [0, 0.1) is 6.92 Å². The minimum Gasteiger partial charge on any atom is -0.350 e. The maximum Gasteiger partial charge on any atom is 0.271 e. The normalized spacial score (nSPS) is 10.6. The molecule has 1 N–H and O–H groups in total. The van der Waals surface area contributed by atoms with Gasteiger partial charge in [-0.1, -0.05) is 48.0 Å². The van der Waals surface area contributed by atoms with Gasteiger partial charge in [0.25, 0.3) is 5.91 Å². The van der Waals surface area contributed by atoms with Crippen LogP contribution in [0.3, 0.4) is 0 Å². The summed E-state index contributed by atoms with van der Waals surface area (Å²) in [6.07, 6.45) is 1.80. The van der Waals surface area contributed by atoms with E-state index in [-0.39, 0.29) is 5.91 Å². The molecule has 1 aromatic heterocycles. The summed E-state index contributed by atoms with van der Waals surface area (Å²) in [5.74, 6) is 1.70. The summed E-state index contributed by atoms with van der Waals surface area (Å²) in [5, 5.41) is 7.26. The fourth-order valence-corrected chi connectivity index (χ4v) is 3.19. The molecule has 0 spiro atoms. The predicted octanol–water partition coefficient (Wildman–Crippen LogP) is 3.84. The molecule has 128 valence electrons. The fraction of sp³-hybridized carbons (Fsp3) is 0.200. The van der Waals surface area contributed by atoms with Gasteiger partial charge in [0.15, 0.2) is 5.69 Å². The summed E-state index contributed by atoms with van der Waals surface area (Å²) in [5.41, 5.74) is 3.96. The van der Waals surface area contributed by atoms with E-state index in [1.165, 1.54) is 11.1 Å². The topological polar surface area (TPSA) is 46.9 Å². The molecule has 3 rings (SSSR count). The number of hydrogen-bond donors (Lipinski definition) is 1. The van der Waals surface area contributed by atoms with E-state index in [1.807, 2.05) is 42.1 Å². The summed E-state index contributed by atoms with van der Waals surface area (Å²) in [6, 6.07) is 20.0. The molecule has 0 saturated carbocycles. The first-order valence-corrected chi connectivity index (χ1v) is 9.40. The third-order valence-corrected chi connectivity index (χ3v) is 4.79. The number of nitrogens with one attached hydrogen (secondary N) is 1. The summed E-state index contributed by atoms with van der Waals surface area (Å²) >= 11 is 1.81. The molecule has 0 bridgehead atoms. The molecule has 0 aliphatic rings. The smallest absolute Gasteiger partial charge is 0.271 e. The van der Waals surface area contributed by atoms with Crippen molar-refractivity contribution in [1.82, 2.24) is 15.1 Å². The van der Waals surface area contributed by atoms with Crippen molar-refractivity contribution in [2.75, 3.05) is 12.3 Å². The number of rotatable bonds is 7. The Morgan fingerprint density at radius 1 is 1.08 bits per heavy atom. The largest absolute Gasteiger partial charge is 0.350 e. The first kappa shape index (κ1) is 17.3. The minimum absolute atomic E-state index is 0.134. The van der Waals surface area contributed by atoms with Gasteiger partial charge in [0.2, 0.25) is 0 Å². The molecule has 5 heteroatoms. The lowest BCUT2D eigenvalue weighted by Gasteiger charge is -2.04. The van der Waals surface area contributed by atoms with Crippen molar-refractivity contribution >= 4 is 17.7 Å². The monoisotopic (exact) mass is 351 g/mol. The lowest BCUT2D eigenvalue weighted by atomic mass is 10.2. The van der Waals surface area contributed by atoms with E-state index in [2.05, 4.69) is 41.6 Å². The van der Waals surface area contributed by atoms with Crippen LogP contribution in [0.4, 0.5) is 0 Å². The molecule has 1 heterocycles. The molecular formula is C20H21N3OS. The molecule has 1 amide bonds. The second-order valence-corrected chi connectivity index (χ2v) is 6.88. The molecule has 2 aromatic carbocycles. The van der Waals surface area contributed by atoms with Gasteiger partial charge in [-0.25, -0.2) is 4.68 Å². The number of thioether (sulfide) groups is 1. The zero-order chi connectivity index (χ0) is 17.5. The second-order valence-electron chi connectivity index (χ2n) is 5.78. The van der Waals surface area contributed by atoms with E-state index >= 15 is 0 Å². The highest BCUT2D eigenvalue weighted by Crippen LogP contribution is 2.12. The summed E-state index contributed by atoms with van der Waals surface area (Å²) < 4.78 is 1.71. The molecule has 0 saturated heterocycles. The average Bonchev–Trinajstić information content (AvgIpc) is 3.14. The Kier molecular flexibility index (Phi) is 5.90. The highest BCUT2D eigenvalue weighted by Gasteiger charge is 2.09. The molecule has 0 atom stereocenters. The second kappa shape index (κ2) is 8.53. The molecule has 25 heavy (non-hydrogen) atoms. The van der Waals surface area contributed by atoms with Gasteiger partial charge in [0.1, 0.15) is 0 Å². The minimum atomic E-state index is -0.134. The fourth-order valence-electron chi connectivity index (χ4n) is 2.37. The van der Waals surface area contributed by atoms with Crippen LogP contribution in [0.25, 0.3) is 5.69 Å². The Morgan fingerprint density at radius 3 is 2.60 bits per heavy atom. The first-order chi connectivity index (χ1) is 12.2. The summed E-state index contributed by atoms with van der Waals surface area (Å²) in [6.45, 7) is 2.72. The zero-order valence-electron chi connectivity index (χ0n) is 14.2. The van der Waals surface area contributed by atoms with Gasteiger partial charge >= 0.3 is 0 Å². The van der Waals surface area contributed by atoms with Crippen molar-refractivity contribution in [3.05, 3.63) is 83.7 Å². The van der Waals surface area contributed by atoms with Gasteiger partial charge in [-0.2, -0.15) is 16.9 Å². The number of aryl methyl sites for hydroxylation is 1. The zero-order valence-corrected chi connectivity index (χ0v) is 15.0. The van der Waals surface area contributed by atoms with Crippen LogP contribution in [-0.4, -0.2) is 28.0 Å². The Labute approximate surface area is 152 Å². The van der Waals surface area contributed by atoms with Crippen LogP contribution < -0.4 is 5.32 Å². The van der Waals surface area contributed by atoms with Gasteiger partial charge in [-0.15, -0.1) is 0 Å². The van der Waals surface area contributed by atoms with E-state index in [9.17, 15) is 4.79 Å². The number of para-hydroxylation sites is 1. The standard InChI is InChI=1S/C20H21N3OS/c1-16-7-9-17(10-8-16)15-25-14-12-21-20(24)19-11-13-23(22-19)18-5-3-2-4-6-18/h2-11,13H,12,14-15H2,1H3,(H,21,24). The quantitative estimate of drug-likeness (QED) is 0.658. The predicted molar refractivity (Wildman–Crippen MR) is 103 cm³/mol. The van der Waals surface area contributed by atoms with Gasteiger partial charge in [0.05, 0.1) is 5.69 Å². The van der Waals surface area contributed by atoms with Crippen LogP contribution in [-0.2, 0) is 5.75 Å². The number of carbonyl (C=O) groups is 1. The number of carbonyl (C=O) groups excluding carboxylic acids is 1. The van der Waals surface area contributed by atoms with Gasteiger partial charge < -0.3 is 5.32 Å². The molecule has 4 nitrogen and oxygen atoms in total. The number of hydrogen-bond acceptors (Lipinski definition) is 3. The summed E-state index contributed by atoms with van der Waals surface area (Å²) in [7, 11) is 0. The number of aromatic nitrogens is 2. The Balaban J connectivity index is 1.42.